The molecule has 10 heteroatoms. The zero-order chi connectivity index (χ0) is 32.4. The van der Waals surface area contributed by atoms with Gasteiger partial charge >= 0.3 is 0 Å². The minimum Gasteiger partial charge on any atom is -0.344 e. The Morgan fingerprint density at radius 3 is 2.52 bits per heavy atom. The standard InChI is InChI=1S/C36H43N7O3/c1-23-15-16-29-28(21-23)33(24(2)25(3)37-29)36(46)41-17-10-14-32(44)42-18-9-8-13-31(42)35(45)39-30(22-27-11-6-5-7-12-27)34-38-26(4)40-43(34)20-19-41/h5-7,11-12,15-16,21,30-31H,8-10,13-14,17-20,22H2,1-4H3,(H,39,45)/t30-,31+/m1/s1. The third-order valence-electron chi connectivity index (χ3n) is 9.37. The summed E-state index contributed by atoms with van der Waals surface area (Å²) in [5.74, 6) is 0.966. The lowest BCUT2D eigenvalue weighted by atomic mass is 9.98. The van der Waals surface area contributed by atoms with E-state index in [1.807, 2.05) is 85.8 Å². The van der Waals surface area contributed by atoms with Crippen molar-refractivity contribution >= 4 is 28.6 Å². The predicted octanol–water partition coefficient (Wildman–Crippen LogP) is 4.78. The number of hydrogen-bond donors (Lipinski definition) is 1. The molecule has 2 aromatic carbocycles. The van der Waals surface area contributed by atoms with Crippen molar-refractivity contribution < 1.29 is 14.4 Å². The van der Waals surface area contributed by atoms with Crippen LogP contribution in [-0.4, -0.2) is 72.9 Å². The summed E-state index contributed by atoms with van der Waals surface area (Å²) in [5, 5.41) is 8.83. The molecular weight excluding hydrogens is 578 g/mol. The van der Waals surface area contributed by atoms with Gasteiger partial charge in [-0.05, 0) is 83.1 Å². The molecular formula is C36H43N7O3. The Kier molecular flexibility index (Phi) is 9.15. The SMILES string of the molecule is Cc1ccc2nc(C)c(C)c(C(=O)N3CCCC(=O)N4CCCC[C@H]4C(=O)N[C@H](Cc4ccccc4)c4nc(C)nn4CC3)c2c1. The number of pyridine rings is 1. The smallest absolute Gasteiger partial charge is 0.254 e. The molecule has 46 heavy (non-hydrogen) atoms. The number of benzene rings is 2. The van der Waals surface area contributed by atoms with Crippen LogP contribution in [-0.2, 0) is 22.6 Å². The lowest BCUT2D eigenvalue weighted by Gasteiger charge is -2.36. The molecule has 3 amide bonds. The first-order chi connectivity index (χ1) is 22.2. The van der Waals surface area contributed by atoms with Gasteiger partial charge in [0.25, 0.3) is 5.91 Å². The van der Waals surface area contributed by atoms with Gasteiger partial charge in [-0.2, -0.15) is 5.10 Å². The Balaban J connectivity index is 1.40. The second-order valence-corrected chi connectivity index (χ2v) is 12.7. The van der Waals surface area contributed by atoms with Gasteiger partial charge in [-0.15, -0.1) is 0 Å². The van der Waals surface area contributed by atoms with E-state index in [0.717, 1.165) is 46.1 Å². The second-order valence-electron chi connectivity index (χ2n) is 12.7. The average molecular weight is 622 g/mol. The number of aryl methyl sites for hydroxylation is 3. The fourth-order valence-electron chi connectivity index (χ4n) is 6.85. The van der Waals surface area contributed by atoms with Crippen LogP contribution < -0.4 is 5.32 Å². The fraction of sp³-hybridized carbons (Fsp3) is 0.444. The third kappa shape index (κ3) is 6.52. The number of rotatable bonds is 3. The maximum atomic E-state index is 14.5. The van der Waals surface area contributed by atoms with Gasteiger partial charge < -0.3 is 15.1 Å². The van der Waals surface area contributed by atoms with Crippen molar-refractivity contribution in [1.82, 2.24) is 34.9 Å². The lowest BCUT2D eigenvalue weighted by Crippen LogP contribution is -2.53. The summed E-state index contributed by atoms with van der Waals surface area (Å²) in [5.41, 5.74) is 5.24. The third-order valence-corrected chi connectivity index (χ3v) is 9.37. The summed E-state index contributed by atoms with van der Waals surface area (Å²) in [7, 11) is 0. The number of carbonyl (C=O) groups is 3. The molecule has 0 aliphatic carbocycles. The highest BCUT2D eigenvalue weighted by Crippen LogP contribution is 2.27. The second kappa shape index (κ2) is 13.4. The van der Waals surface area contributed by atoms with Gasteiger partial charge in [0.15, 0.2) is 0 Å². The predicted molar refractivity (Wildman–Crippen MR) is 176 cm³/mol. The number of hydrogen-bond acceptors (Lipinski definition) is 6. The van der Waals surface area contributed by atoms with E-state index in [1.54, 1.807) is 4.90 Å². The summed E-state index contributed by atoms with van der Waals surface area (Å²) >= 11 is 0. The van der Waals surface area contributed by atoms with E-state index in [0.29, 0.717) is 62.7 Å². The Bertz CT molecular complexity index is 1770. The van der Waals surface area contributed by atoms with E-state index < -0.39 is 12.1 Å². The molecule has 1 fully saturated rings. The first kappa shape index (κ1) is 31.4. The minimum absolute atomic E-state index is 0.0417. The van der Waals surface area contributed by atoms with Gasteiger partial charge in [0.05, 0.1) is 23.7 Å². The molecule has 10 nitrogen and oxygen atoms in total. The number of nitrogens with one attached hydrogen (secondary N) is 1. The maximum absolute atomic E-state index is 14.5. The van der Waals surface area contributed by atoms with Crippen LogP contribution in [0.3, 0.4) is 0 Å². The van der Waals surface area contributed by atoms with E-state index >= 15 is 0 Å². The monoisotopic (exact) mass is 621 g/mol. The van der Waals surface area contributed by atoms with Gasteiger partial charge in [-0.25, -0.2) is 9.67 Å². The van der Waals surface area contributed by atoms with Crippen molar-refractivity contribution in [3.05, 3.63) is 88.1 Å². The van der Waals surface area contributed by atoms with E-state index in [2.05, 4.69) is 5.32 Å². The normalized spacial score (nSPS) is 19.7. The molecule has 2 aliphatic heterocycles. The van der Waals surface area contributed by atoms with Crippen LogP contribution in [0.25, 0.3) is 10.9 Å². The summed E-state index contributed by atoms with van der Waals surface area (Å²) in [6.45, 7) is 9.48. The van der Waals surface area contributed by atoms with Crippen molar-refractivity contribution in [2.45, 2.75) is 84.8 Å². The van der Waals surface area contributed by atoms with Crippen LogP contribution in [0.4, 0.5) is 0 Å². The van der Waals surface area contributed by atoms with Gasteiger partial charge in [0.2, 0.25) is 11.8 Å². The molecule has 2 atom stereocenters. The van der Waals surface area contributed by atoms with Crippen molar-refractivity contribution in [2.75, 3.05) is 19.6 Å². The highest BCUT2D eigenvalue weighted by atomic mass is 16.2. The highest BCUT2D eigenvalue weighted by Gasteiger charge is 2.35. The van der Waals surface area contributed by atoms with Gasteiger partial charge in [0, 0.05) is 37.1 Å². The molecule has 0 unspecified atom stereocenters. The molecule has 4 heterocycles. The van der Waals surface area contributed by atoms with E-state index in [-0.39, 0.29) is 24.1 Å². The van der Waals surface area contributed by atoms with Crippen LogP contribution in [0, 0.1) is 27.7 Å². The Hall–Kier alpha value is -4.60. The topological polar surface area (TPSA) is 113 Å². The summed E-state index contributed by atoms with van der Waals surface area (Å²) in [6, 6.07) is 15.0. The first-order valence-electron chi connectivity index (χ1n) is 16.4. The molecule has 6 rings (SSSR count). The van der Waals surface area contributed by atoms with E-state index in [4.69, 9.17) is 15.1 Å². The zero-order valence-corrected chi connectivity index (χ0v) is 27.3. The van der Waals surface area contributed by atoms with Gasteiger partial charge in [0.1, 0.15) is 17.7 Å². The van der Waals surface area contributed by atoms with Crippen LogP contribution in [0.2, 0.25) is 0 Å². The fourth-order valence-corrected chi connectivity index (χ4v) is 6.85. The lowest BCUT2D eigenvalue weighted by molar-refractivity contribution is -0.142. The number of piperidine rings is 1. The molecule has 0 radical (unpaired) electrons. The zero-order valence-electron chi connectivity index (χ0n) is 27.3. The summed E-state index contributed by atoms with van der Waals surface area (Å²) in [4.78, 5) is 55.1. The molecule has 1 N–H and O–H groups in total. The molecule has 2 aliphatic rings. The number of nitrogens with zero attached hydrogens (tertiary/aromatic N) is 6. The molecule has 2 aromatic heterocycles. The first-order valence-corrected chi connectivity index (χ1v) is 16.4. The Morgan fingerprint density at radius 2 is 1.72 bits per heavy atom. The van der Waals surface area contributed by atoms with Crippen LogP contribution in [0.1, 0.15) is 82.5 Å². The van der Waals surface area contributed by atoms with Crippen LogP contribution in [0.5, 0.6) is 0 Å². The molecule has 240 valence electrons. The average Bonchev–Trinajstić information content (AvgIpc) is 3.43. The van der Waals surface area contributed by atoms with E-state index in [1.165, 1.54) is 0 Å². The number of aromatic nitrogens is 4. The highest BCUT2D eigenvalue weighted by molar-refractivity contribution is 6.07. The van der Waals surface area contributed by atoms with Crippen molar-refractivity contribution in [2.24, 2.45) is 0 Å². The molecule has 0 bridgehead atoms. The molecule has 1 saturated heterocycles. The summed E-state index contributed by atoms with van der Waals surface area (Å²) < 4.78 is 1.84. The van der Waals surface area contributed by atoms with E-state index in [9.17, 15) is 14.4 Å². The van der Waals surface area contributed by atoms with Crippen molar-refractivity contribution in [3.8, 4) is 0 Å². The summed E-state index contributed by atoms with van der Waals surface area (Å²) in [6.07, 6.45) is 3.67. The van der Waals surface area contributed by atoms with Gasteiger partial charge in [-0.1, -0.05) is 42.0 Å². The maximum Gasteiger partial charge on any atom is 0.254 e. The van der Waals surface area contributed by atoms with Crippen LogP contribution >= 0.6 is 0 Å². The van der Waals surface area contributed by atoms with Crippen molar-refractivity contribution in [1.29, 1.82) is 0 Å². The molecule has 4 aromatic rings. The number of carbonyl (C=O) groups excluding carboxylic acids is 3. The minimum atomic E-state index is -0.533. The van der Waals surface area contributed by atoms with Crippen molar-refractivity contribution in [3.63, 3.8) is 0 Å². The Morgan fingerprint density at radius 1 is 0.913 bits per heavy atom. The number of fused-ring (bicyclic) bond motifs is 3. The van der Waals surface area contributed by atoms with Crippen LogP contribution in [0.15, 0.2) is 48.5 Å². The largest absolute Gasteiger partial charge is 0.344 e. The molecule has 0 saturated carbocycles. The molecule has 0 spiro atoms. The quantitative estimate of drug-likeness (QED) is 0.353. The van der Waals surface area contributed by atoms with Gasteiger partial charge in [-0.3, -0.25) is 19.4 Å². The Labute approximate surface area is 270 Å². The number of amides is 3.